The van der Waals surface area contributed by atoms with Crippen LogP contribution in [0.2, 0.25) is 0 Å². The van der Waals surface area contributed by atoms with Crippen LogP contribution in [0.3, 0.4) is 0 Å². The summed E-state index contributed by atoms with van der Waals surface area (Å²) in [6, 6.07) is 5.27. The molecule has 6 nitrogen and oxygen atoms in total. The van der Waals surface area contributed by atoms with Crippen molar-refractivity contribution in [1.29, 1.82) is 0 Å². The Bertz CT molecular complexity index is 626. The zero-order valence-electron chi connectivity index (χ0n) is 10.2. The van der Waals surface area contributed by atoms with Crippen LogP contribution in [-0.4, -0.2) is 22.3 Å². The Morgan fingerprint density at radius 2 is 2.26 bits per heavy atom. The highest BCUT2D eigenvalue weighted by Gasteiger charge is 2.17. The molecule has 0 spiro atoms. The van der Waals surface area contributed by atoms with Crippen molar-refractivity contribution in [3.63, 3.8) is 0 Å². The summed E-state index contributed by atoms with van der Waals surface area (Å²) >= 11 is 1.10. The zero-order chi connectivity index (χ0) is 13.2. The molecule has 3 rings (SSSR count). The van der Waals surface area contributed by atoms with E-state index in [-0.39, 0.29) is 12.7 Å². The number of hydrogen-bond donors (Lipinski definition) is 1. The molecule has 1 aromatic carbocycles. The molecule has 1 aliphatic rings. The van der Waals surface area contributed by atoms with Crippen LogP contribution in [0.5, 0.6) is 11.5 Å². The first-order valence-corrected chi connectivity index (χ1v) is 6.57. The Kier molecular flexibility index (Phi) is 3.04. The average Bonchev–Trinajstić information content (AvgIpc) is 3.06. The number of carbonyl (C=O) groups is 1. The first-order valence-electron chi connectivity index (χ1n) is 5.80. The molecular formula is C12H11N3O3S. The quantitative estimate of drug-likeness (QED) is 0.929. The minimum absolute atomic E-state index is 0.203. The second kappa shape index (κ2) is 4.85. The third kappa shape index (κ3) is 2.24. The van der Waals surface area contributed by atoms with E-state index in [1.165, 1.54) is 0 Å². The number of carbonyl (C=O) groups excluding carboxylic acids is 1. The predicted molar refractivity (Wildman–Crippen MR) is 69.8 cm³/mol. The van der Waals surface area contributed by atoms with Crippen LogP contribution < -0.4 is 14.8 Å². The molecular weight excluding hydrogens is 266 g/mol. The molecule has 1 aromatic heterocycles. The Morgan fingerprint density at radius 1 is 1.42 bits per heavy atom. The van der Waals surface area contributed by atoms with Crippen LogP contribution in [0.4, 0.5) is 5.69 Å². The van der Waals surface area contributed by atoms with E-state index >= 15 is 0 Å². The van der Waals surface area contributed by atoms with Gasteiger partial charge in [0.25, 0.3) is 5.91 Å². The average molecular weight is 277 g/mol. The van der Waals surface area contributed by atoms with E-state index in [1.54, 1.807) is 18.2 Å². The minimum Gasteiger partial charge on any atom is -0.454 e. The zero-order valence-corrected chi connectivity index (χ0v) is 11.0. The molecule has 0 radical (unpaired) electrons. The molecule has 1 amide bonds. The maximum Gasteiger partial charge on any atom is 0.269 e. The number of nitrogens with one attached hydrogen (secondary N) is 1. The van der Waals surface area contributed by atoms with Crippen molar-refractivity contribution in [2.75, 3.05) is 12.1 Å². The molecule has 98 valence electrons. The summed E-state index contributed by atoms with van der Waals surface area (Å²) in [5.74, 6) is 1.12. The van der Waals surface area contributed by atoms with Crippen molar-refractivity contribution < 1.29 is 14.3 Å². The topological polar surface area (TPSA) is 73.3 Å². The summed E-state index contributed by atoms with van der Waals surface area (Å²) in [5, 5.41) is 6.72. The van der Waals surface area contributed by atoms with E-state index in [0.717, 1.165) is 11.5 Å². The van der Waals surface area contributed by atoms with Gasteiger partial charge in [-0.2, -0.15) is 0 Å². The molecule has 0 saturated carbocycles. The van der Waals surface area contributed by atoms with Crippen LogP contribution in [0.25, 0.3) is 0 Å². The van der Waals surface area contributed by atoms with Gasteiger partial charge in [-0.3, -0.25) is 4.79 Å². The minimum atomic E-state index is -0.203. The maximum absolute atomic E-state index is 12.1. The Morgan fingerprint density at radius 3 is 3.11 bits per heavy atom. The van der Waals surface area contributed by atoms with Crippen LogP contribution in [-0.2, 0) is 6.42 Å². The summed E-state index contributed by atoms with van der Waals surface area (Å²) in [7, 11) is 0. The number of amides is 1. The van der Waals surface area contributed by atoms with E-state index in [1.807, 2.05) is 6.92 Å². The van der Waals surface area contributed by atoms with Gasteiger partial charge in [0.1, 0.15) is 4.88 Å². The number of aromatic nitrogens is 2. The highest BCUT2D eigenvalue weighted by atomic mass is 32.1. The molecule has 2 aromatic rings. The van der Waals surface area contributed by atoms with E-state index in [0.29, 0.717) is 34.2 Å². The fourth-order valence-electron chi connectivity index (χ4n) is 1.77. The van der Waals surface area contributed by atoms with E-state index < -0.39 is 0 Å². The van der Waals surface area contributed by atoms with Crippen molar-refractivity contribution in [3.05, 3.63) is 28.8 Å². The number of nitrogens with zero attached hydrogens (tertiary/aromatic N) is 2. The number of anilines is 1. The Hall–Kier alpha value is -2.15. The molecule has 19 heavy (non-hydrogen) atoms. The maximum atomic E-state index is 12.1. The van der Waals surface area contributed by atoms with Crippen LogP contribution in [0.1, 0.15) is 22.3 Å². The summed E-state index contributed by atoms with van der Waals surface area (Å²) in [6.07, 6.45) is 0.681. The second-order valence-electron chi connectivity index (χ2n) is 3.92. The fourth-order valence-corrected chi connectivity index (χ4v) is 2.42. The molecule has 1 N–H and O–H groups in total. The van der Waals surface area contributed by atoms with Crippen molar-refractivity contribution in [2.45, 2.75) is 13.3 Å². The monoisotopic (exact) mass is 277 g/mol. The SMILES string of the molecule is CCc1nnsc1C(=O)Nc1ccc2c(c1)OCO2. The van der Waals surface area contributed by atoms with Gasteiger partial charge in [0.2, 0.25) is 6.79 Å². The highest BCUT2D eigenvalue weighted by Crippen LogP contribution is 2.34. The molecule has 0 aliphatic carbocycles. The highest BCUT2D eigenvalue weighted by molar-refractivity contribution is 7.08. The lowest BCUT2D eigenvalue weighted by atomic mass is 10.2. The van der Waals surface area contributed by atoms with Gasteiger partial charge in [-0.15, -0.1) is 5.10 Å². The van der Waals surface area contributed by atoms with Gasteiger partial charge >= 0.3 is 0 Å². The standard InChI is InChI=1S/C12H11N3O3S/c1-2-8-11(19-15-14-8)12(16)13-7-3-4-9-10(5-7)18-6-17-9/h3-5H,2,6H2,1H3,(H,13,16). The lowest BCUT2D eigenvalue weighted by Gasteiger charge is -2.05. The smallest absolute Gasteiger partial charge is 0.269 e. The number of aryl methyl sites for hydroxylation is 1. The number of rotatable bonds is 3. The molecule has 0 atom stereocenters. The molecule has 0 bridgehead atoms. The van der Waals surface area contributed by atoms with Crippen molar-refractivity contribution in [2.24, 2.45) is 0 Å². The lowest BCUT2D eigenvalue weighted by Crippen LogP contribution is -2.12. The van der Waals surface area contributed by atoms with Crippen LogP contribution in [0.15, 0.2) is 18.2 Å². The lowest BCUT2D eigenvalue weighted by molar-refractivity contribution is 0.102. The number of ether oxygens (including phenoxy) is 2. The third-order valence-electron chi connectivity index (χ3n) is 2.73. The van der Waals surface area contributed by atoms with E-state index in [2.05, 4.69) is 14.9 Å². The van der Waals surface area contributed by atoms with Gasteiger partial charge in [0, 0.05) is 11.8 Å². The van der Waals surface area contributed by atoms with Gasteiger partial charge in [-0.05, 0) is 30.1 Å². The van der Waals surface area contributed by atoms with Crippen LogP contribution >= 0.6 is 11.5 Å². The number of fused-ring (bicyclic) bond motifs is 1. The molecule has 2 heterocycles. The second-order valence-corrected chi connectivity index (χ2v) is 4.68. The van der Waals surface area contributed by atoms with Crippen molar-refractivity contribution in [3.8, 4) is 11.5 Å². The van der Waals surface area contributed by atoms with Gasteiger partial charge < -0.3 is 14.8 Å². The predicted octanol–water partition coefficient (Wildman–Crippen LogP) is 2.08. The normalized spacial score (nSPS) is 12.5. The summed E-state index contributed by atoms with van der Waals surface area (Å²) in [5.41, 5.74) is 1.37. The molecule has 7 heteroatoms. The first kappa shape index (κ1) is 11.9. The Balaban J connectivity index is 1.80. The third-order valence-corrected chi connectivity index (χ3v) is 3.49. The van der Waals surface area contributed by atoms with Gasteiger partial charge in [0.05, 0.1) is 5.69 Å². The Labute approximate surface area is 113 Å². The van der Waals surface area contributed by atoms with Crippen molar-refractivity contribution >= 4 is 23.1 Å². The van der Waals surface area contributed by atoms with Crippen LogP contribution in [0, 0.1) is 0 Å². The van der Waals surface area contributed by atoms with E-state index in [4.69, 9.17) is 9.47 Å². The summed E-state index contributed by atoms with van der Waals surface area (Å²) in [6.45, 7) is 2.15. The largest absolute Gasteiger partial charge is 0.454 e. The molecule has 0 fully saturated rings. The van der Waals surface area contributed by atoms with E-state index in [9.17, 15) is 4.79 Å². The molecule has 0 unspecified atom stereocenters. The first-order chi connectivity index (χ1) is 9.28. The summed E-state index contributed by atoms with van der Waals surface area (Å²) < 4.78 is 14.3. The van der Waals surface area contributed by atoms with Gasteiger partial charge in [-0.25, -0.2) is 0 Å². The number of benzene rings is 1. The van der Waals surface area contributed by atoms with Crippen molar-refractivity contribution in [1.82, 2.24) is 9.59 Å². The molecule has 0 saturated heterocycles. The van der Waals surface area contributed by atoms with Gasteiger partial charge in [-0.1, -0.05) is 11.4 Å². The molecule has 1 aliphatic heterocycles. The fraction of sp³-hybridized carbons (Fsp3) is 0.250. The van der Waals surface area contributed by atoms with Gasteiger partial charge in [0.15, 0.2) is 11.5 Å². The number of hydrogen-bond acceptors (Lipinski definition) is 6. The summed E-state index contributed by atoms with van der Waals surface area (Å²) in [4.78, 5) is 12.6.